The lowest BCUT2D eigenvalue weighted by Crippen LogP contribution is -1.86. The van der Waals surface area contributed by atoms with Crippen LogP contribution in [-0.4, -0.2) is 9.38 Å². The molecule has 17 heavy (non-hydrogen) atoms. The van der Waals surface area contributed by atoms with Gasteiger partial charge in [0.2, 0.25) is 0 Å². The molecule has 0 atom stereocenters. The fourth-order valence-electron chi connectivity index (χ4n) is 1.89. The van der Waals surface area contributed by atoms with E-state index in [4.69, 9.17) is 11.6 Å². The molecule has 1 aromatic carbocycles. The minimum absolute atomic E-state index is 0.680. The van der Waals surface area contributed by atoms with Crippen LogP contribution in [-0.2, 0) is 0 Å². The van der Waals surface area contributed by atoms with Crippen molar-refractivity contribution in [3.05, 3.63) is 66.3 Å². The molecule has 1 radical (unpaired) electrons. The summed E-state index contributed by atoms with van der Waals surface area (Å²) in [6.45, 7) is 4.07. The number of hydrogen-bond donors (Lipinski definition) is 0. The van der Waals surface area contributed by atoms with Gasteiger partial charge in [0.05, 0.1) is 16.4 Å². The number of hydrogen-bond acceptors (Lipinski definition) is 1. The fraction of sp³-hybridized carbons (Fsp3) is 0. The molecule has 3 aromatic rings. The topological polar surface area (TPSA) is 17.3 Å². The van der Waals surface area contributed by atoms with Crippen LogP contribution in [0.5, 0.6) is 0 Å². The second kappa shape index (κ2) is 3.90. The largest absolute Gasteiger partial charge is 0.302 e. The zero-order chi connectivity index (χ0) is 11.8. The van der Waals surface area contributed by atoms with Crippen molar-refractivity contribution in [1.29, 1.82) is 0 Å². The van der Waals surface area contributed by atoms with Crippen molar-refractivity contribution in [2.45, 2.75) is 0 Å². The summed E-state index contributed by atoms with van der Waals surface area (Å²) in [5.74, 6) is 0. The predicted molar refractivity (Wildman–Crippen MR) is 70.1 cm³/mol. The lowest BCUT2D eigenvalue weighted by molar-refractivity contribution is 1.15. The van der Waals surface area contributed by atoms with E-state index in [2.05, 4.69) is 11.9 Å². The van der Waals surface area contributed by atoms with E-state index in [1.165, 1.54) is 0 Å². The van der Waals surface area contributed by atoms with Crippen LogP contribution in [0.15, 0.2) is 48.7 Å². The Kier molecular flexibility index (Phi) is 2.37. The third kappa shape index (κ3) is 1.71. The van der Waals surface area contributed by atoms with Crippen LogP contribution in [0.2, 0.25) is 5.02 Å². The van der Waals surface area contributed by atoms with E-state index < -0.39 is 0 Å². The molecule has 2 heterocycles. The number of aromatic nitrogens is 2. The zero-order valence-electron chi connectivity index (χ0n) is 9.10. The van der Waals surface area contributed by atoms with E-state index in [0.29, 0.717) is 5.02 Å². The average molecular weight is 242 g/mol. The molecule has 0 bridgehead atoms. The van der Waals surface area contributed by atoms with Gasteiger partial charge < -0.3 is 4.40 Å². The maximum atomic E-state index is 5.97. The Morgan fingerprint density at radius 1 is 1.06 bits per heavy atom. The minimum atomic E-state index is 0.680. The predicted octanol–water partition coefficient (Wildman–Crippen LogP) is 3.84. The Bertz CT molecular complexity index is 671. The average Bonchev–Trinajstić information content (AvgIpc) is 2.68. The smallest absolute Gasteiger partial charge is 0.137 e. The Labute approximate surface area is 104 Å². The van der Waals surface area contributed by atoms with Crippen LogP contribution < -0.4 is 0 Å². The normalized spacial score (nSPS) is 10.9. The highest BCUT2D eigenvalue weighted by Crippen LogP contribution is 2.24. The summed E-state index contributed by atoms with van der Waals surface area (Å²) in [6.07, 6.45) is 1.83. The maximum absolute atomic E-state index is 5.97. The quantitative estimate of drug-likeness (QED) is 0.633. The summed E-state index contributed by atoms with van der Waals surface area (Å²) < 4.78 is 1.91. The van der Waals surface area contributed by atoms with Crippen LogP contribution in [0.3, 0.4) is 0 Å². The molecule has 0 spiro atoms. The van der Waals surface area contributed by atoms with Crippen molar-refractivity contribution in [1.82, 2.24) is 9.38 Å². The molecular weight excluding hydrogens is 232 g/mol. The summed E-state index contributed by atoms with van der Waals surface area (Å²) in [7, 11) is 0. The molecule has 0 aliphatic heterocycles. The molecule has 0 aliphatic carbocycles. The third-order valence-corrected chi connectivity index (χ3v) is 2.95. The van der Waals surface area contributed by atoms with Gasteiger partial charge in [0, 0.05) is 11.8 Å². The van der Waals surface area contributed by atoms with Crippen molar-refractivity contribution in [3.8, 4) is 11.3 Å². The number of rotatable bonds is 1. The van der Waals surface area contributed by atoms with Gasteiger partial charge in [-0.05, 0) is 19.1 Å². The van der Waals surface area contributed by atoms with Crippen LogP contribution >= 0.6 is 11.6 Å². The minimum Gasteiger partial charge on any atom is -0.302 e. The zero-order valence-corrected chi connectivity index (χ0v) is 9.85. The molecule has 83 valence electrons. The molecule has 2 aromatic heterocycles. The Balaban J connectivity index is 2.28. The molecule has 0 fully saturated rings. The van der Waals surface area contributed by atoms with Crippen molar-refractivity contribution in [2.75, 3.05) is 0 Å². The fourth-order valence-corrected chi connectivity index (χ4v) is 2.06. The molecule has 3 rings (SSSR count). The molecule has 0 saturated heterocycles. The first kappa shape index (κ1) is 10.4. The first-order chi connectivity index (χ1) is 8.25. The van der Waals surface area contributed by atoms with Gasteiger partial charge in [0.1, 0.15) is 5.65 Å². The van der Waals surface area contributed by atoms with Crippen LogP contribution in [0, 0.1) is 6.92 Å². The van der Waals surface area contributed by atoms with E-state index in [-0.39, 0.29) is 0 Å². The van der Waals surface area contributed by atoms with Crippen molar-refractivity contribution in [2.24, 2.45) is 0 Å². The first-order valence-corrected chi connectivity index (χ1v) is 5.68. The number of halogens is 1. The van der Waals surface area contributed by atoms with E-state index in [0.717, 1.165) is 22.6 Å². The molecular formula is C14H10ClN2. The molecule has 0 aliphatic rings. The molecule has 0 N–H and O–H groups in total. The number of imidazole rings is 1. The van der Waals surface area contributed by atoms with Gasteiger partial charge in [-0.1, -0.05) is 41.9 Å². The van der Waals surface area contributed by atoms with Gasteiger partial charge in [0.15, 0.2) is 0 Å². The van der Waals surface area contributed by atoms with Crippen molar-refractivity contribution < 1.29 is 0 Å². The lowest BCUT2D eigenvalue weighted by Gasteiger charge is -1.99. The van der Waals surface area contributed by atoms with Crippen LogP contribution in [0.4, 0.5) is 0 Å². The second-order valence-corrected chi connectivity index (χ2v) is 4.29. The summed E-state index contributed by atoms with van der Waals surface area (Å²) in [5, 5.41) is 0.680. The van der Waals surface area contributed by atoms with Gasteiger partial charge in [0.25, 0.3) is 0 Å². The molecule has 3 heteroatoms. The molecule has 2 nitrogen and oxygen atoms in total. The lowest BCUT2D eigenvalue weighted by atomic mass is 10.1. The van der Waals surface area contributed by atoms with Gasteiger partial charge in [-0.15, -0.1) is 0 Å². The van der Waals surface area contributed by atoms with E-state index in [1.54, 1.807) is 0 Å². The Morgan fingerprint density at radius 2 is 1.82 bits per heavy atom. The SMILES string of the molecule is [CH2]c1c(-c2ccccc2)nc2ccc(Cl)cn12. The third-order valence-electron chi connectivity index (χ3n) is 2.73. The van der Waals surface area contributed by atoms with E-state index >= 15 is 0 Å². The summed E-state index contributed by atoms with van der Waals surface area (Å²) in [4.78, 5) is 4.57. The highest BCUT2D eigenvalue weighted by atomic mass is 35.5. The number of nitrogens with zero attached hydrogens (tertiary/aromatic N) is 2. The summed E-state index contributed by atoms with van der Waals surface area (Å²) in [5.41, 5.74) is 3.68. The van der Waals surface area contributed by atoms with Crippen molar-refractivity contribution in [3.63, 3.8) is 0 Å². The van der Waals surface area contributed by atoms with Crippen LogP contribution in [0.25, 0.3) is 16.9 Å². The molecule has 0 amide bonds. The highest BCUT2D eigenvalue weighted by molar-refractivity contribution is 6.30. The number of benzene rings is 1. The van der Waals surface area contributed by atoms with Gasteiger partial charge in [-0.3, -0.25) is 0 Å². The number of pyridine rings is 1. The Hall–Kier alpha value is -1.80. The standard InChI is InChI=1S/C14H10ClN2/c1-10-14(11-5-3-2-4-6-11)16-13-8-7-12(15)9-17(10)13/h2-9H,1H2. The van der Waals surface area contributed by atoms with E-state index in [1.807, 2.05) is 53.1 Å². The number of fused-ring (bicyclic) bond motifs is 1. The highest BCUT2D eigenvalue weighted by Gasteiger charge is 2.09. The summed E-state index contributed by atoms with van der Waals surface area (Å²) >= 11 is 5.97. The van der Waals surface area contributed by atoms with Crippen molar-refractivity contribution >= 4 is 17.2 Å². The van der Waals surface area contributed by atoms with Gasteiger partial charge in [-0.25, -0.2) is 4.98 Å². The monoisotopic (exact) mass is 241 g/mol. The van der Waals surface area contributed by atoms with Gasteiger partial charge >= 0.3 is 0 Å². The molecule has 0 saturated carbocycles. The Morgan fingerprint density at radius 3 is 2.59 bits per heavy atom. The van der Waals surface area contributed by atoms with Crippen LogP contribution in [0.1, 0.15) is 5.69 Å². The molecule has 0 unspecified atom stereocenters. The van der Waals surface area contributed by atoms with Gasteiger partial charge in [-0.2, -0.15) is 0 Å². The maximum Gasteiger partial charge on any atom is 0.137 e. The summed E-state index contributed by atoms with van der Waals surface area (Å²) in [6, 6.07) is 13.7. The first-order valence-electron chi connectivity index (χ1n) is 5.31. The van der Waals surface area contributed by atoms with E-state index in [9.17, 15) is 0 Å². The second-order valence-electron chi connectivity index (χ2n) is 3.85.